The summed E-state index contributed by atoms with van der Waals surface area (Å²) >= 11 is 0. The van der Waals surface area contributed by atoms with Gasteiger partial charge in [-0.05, 0) is 158 Å². The summed E-state index contributed by atoms with van der Waals surface area (Å²) in [4.78, 5) is 4.62. The second kappa shape index (κ2) is 21.9. The molecule has 5 aliphatic heterocycles. The number of benzene rings is 3. The molecule has 366 valence electrons. The SMILES string of the molecule is CCCCCC(C)C1CC2C=CC1CC(O)CCCN=C(N)NCCC1C(CO)CCCC1Oc1cc(ccc1O)C1Oc3cc(OC)c4c(c3CC1O)C2Cc1cc(O)c(CC(C)C)cc1-4. The average Bonchev–Trinajstić information content (AvgIpc) is 3.30. The molecule has 11 rings (SSSR count). The normalized spacial score (nSPS) is 29.2. The molecule has 0 amide bonds. The highest BCUT2D eigenvalue weighted by Gasteiger charge is 2.43. The van der Waals surface area contributed by atoms with Crippen LogP contribution in [-0.2, 0) is 19.3 Å². The van der Waals surface area contributed by atoms with Crippen molar-refractivity contribution in [3.05, 3.63) is 76.4 Å². The summed E-state index contributed by atoms with van der Waals surface area (Å²) in [5.41, 5.74) is 13.3. The predicted molar refractivity (Wildman–Crippen MR) is 265 cm³/mol. The zero-order valence-corrected chi connectivity index (χ0v) is 40.8. The van der Waals surface area contributed by atoms with Gasteiger partial charge in [0.05, 0.1) is 19.3 Å². The Hall–Kier alpha value is -4.45. The molecule has 8 N–H and O–H groups in total. The van der Waals surface area contributed by atoms with Gasteiger partial charge in [0.1, 0.15) is 29.5 Å². The Morgan fingerprint density at radius 2 is 1.72 bits per heavy atom. The van der Waals surface area contributed by atoms with E-state index in [1.54, 1.807) is 25.3 Å². The molecule has 8 bridgehead atoms. The summed E-state index contributed by atoms with van der Waals surface area (Å²) in [7, 11) is 1.71. The molecule has 3 aliphatic carbocycles. The number of aliphatic imine (C=N–C) groups is 1. The molecule has 0 saturated heterocycles. The molecule has 5 heterocycles. The summed E-state index contributed by atoms with van der Waals surface area (Å²) in [5, 5.41) is 60.4. The van der Waals surface area contributed by atoms with E-state index in [1.165, 1.54) is 19.3 Å². The van der Waals surface area contributed by atoms with Crippen molar-refractivity contribution in [1.29, 1.82) is 0 Å². The molecule has 3 aromatic rings. The van der Waals surface area contributed by atoms with Gasteiger partial charge >= 0.3 is 0 Å². The van der Waals surface area contributed by atoms with Crippen LogP contribution in [0.4, 0.5) is 0 Å². The first-order valence-corrected chi connectivity index (χ1v) is 25.8. The maximum atomic E-state index is 12.3. The second-order valence-electron chi connectivity index (χ2n) is 21.2. The third-order valence-electron chi connectivity index (χ3n) is 16.1. The second-order valence-corrected chi connectivity index (χ2v) is 21.2. The van der Waals surface area contributed by atoms with E-state index in [0.29, 0.717) is 97.5 Å². The Kier molecular flexibility index (Phi) is 16.0. The van der Waals surface area contributed by atoms with Crippen LogP contribution >= 0.6 is 0 Å². The standard InChI is InChI=1S/C56H79N3O8/c1-6-7-8-11-33(4)42-24-35-16-15-34(42)23-40(61)13-10-20-58-56(57)59-21-19-41-37(31-60)12-9-14-49(41)66-51-28-36(17-18-46(51)62)55-48(64)29-45-50(67-55)30-52(65-5)54-44-26-39(22-32(2)3)47(63)27-38(44)25-43(35)53(45)54/h15-18,26-28,30,32-35,37,40-43,48-49,55,60-64H,6-14,19-25,29,31H2,1-5H3,(H3,57,58,59). The molecule has 8 aliphatic rings. The van der Waals surface area contributed by atoms with E-state index in [2.05, 4.69) is 56.2 Å². The van der Waals surface area contributed by atoms with Crippen molar-refractivity contribution in [2.75, 3.05) is 26.8 Å². The first-order valence-electron chi connectivity index (χ1n) is 25.8. The van der Waals surface area contributed by atoms with Gasteiger partial charge in [0, 0.05) is 49.2 Å². The van der Waals surface area contributed by atoms with Crippen molar-refractivity contribution in [2.24, 2.45) is 52.2 Å². The van der Waals surface area contributed by atoms with E-state index in [0.717, 1.165) is 78.3 Å². The summed E-state index contributed by atoms with van der Waals surface area (Å²) < 4.78 is 20.0. The lowest BCUT2D eigenvalue weighted by molar-refractivity contribution is 0.0166. The number of nitrogens with one attached hydrogen (secondary N) is 1. The van der Waals surface area contributed by atoms with Gasteiger partial charge in [0.15, 0.2) is 17.5 Å². The third-order valence-corrected chi connectivity index (χ3v) is 16.1. The van der Waals surface area contributed by atoms with Crippen LogP contribution < -0.4 is 25.3 Å². The lowest BCUT2D eigenvalue weighted by atomic mass is 9.62. The van der Waals surface area contributed by atoms with E-state index in [1.807, 2.05) is 12.1 Å². The first-order chi connectivity index (χ1) is 32.4. The largest absolute Gasteiger partial charge is 0.508 e. The maximum absolute atomic E-state index is 12.3. The highest BCUT2D eigenvalue weighted by atomic mass is 16.5. The molecule has 11 unspecified atom stereocenters. The fourth-order valence-electron chi connectivity index (χ4n) is 12.7. The van der Waals surface area contributed by atoms with Crippen molar-refractivity contribution >= 4 is 5.96 Å². The van der Waals surface area contributed by atoms with Crippen molar-refractivity contribution in [1.82, 2.24) is 5.32 Å². The van der Waals surface area contributed by atoms with Gasteiger partial charge < -0.3 is 50.8 Å². The highest BCUT2D eigenvalue weighted by Crippen LogP contribution is 2.57. The van der Waals surface area contributed by atoms with Crippen LogP contribution in [0.25, 0.3) is 11.1 Å². The number of phenols is 2. The van der Waals surface area contributed by atoms with Crippen LogP contribution in [0.5, 0.6) is 28.7 Å². The van der Waals surface area contributed by atoms with Crippen LogP contribution in [0.2, 0.25) is 0 Å². The summed E-state index contributed by atoms with van der Waals surface area (Å²) in [6, 6.07) is 11.4. The van der Waals surface area contributed by atoms with Gasteiger partial charge in [0.2, 0.25) is 0 Å². The van der Waals surface area contributed by atoms with Gasteiger partial charge in [-0.2, -0.15) is 0 Å². The average molecular weight is 922 g/mol. The van der Waals surface area contributed by atoms with E-state index < -0.39 is 18.3 Å². The molecule has 11 nitrogen and oxygen atoms in total. The summed E-state index contributed by atoms with van der Waals surface area (Å²) in [5.74, 6) is 4.00. The molecule has 1 fully saturated rings. The van der Waals surface area contributed by atoms with E-state index in [-0.39, 0.29) is 48.0 Å². The number of aromatic hydroxyl groups is 2. The van der Waals surface area contributed by atoms with Crippen LogP contribution in [-0.4, -0.2) is 76.6 Å². The van der Waals surface area contributed by atoms with Gasteiger partial charge in [0.25, 0.3) is 0 Å². The molecule has 11 atom stereocenters. The fourth-order valence-corrected chi connectivity index (χ4v) is 12.7. The smallest absolute Gasteiger partial charge is 0.188 e. The molecule has 0 aromatic heterocycles. The number of fused-ring (bicyclic) bond motifs is 2. The molecular formula is C56H79N3O8. The fraction of sp³-hybridized carbons (Fsp3) is 0.625. The molecule has 11 heteroatoms. The van der Waals surface area contributed by atoms with E-state index in [9.17, 15) is 25.5 Å². The summed E-state index contributed by atoms with van der Waals surface area (Å²) in [6.45, 7) is 10.1. The molecule has 3 aromatic carbocycles. The van der Waals surface area contributed by atoms with E-state index in [4.69, 9.17) is 19.9 Å². The number of methoxy groups -OCH3 is 1. The van der Waals surface area contributed by atoms with Gasteiger partial charge in [-0.1, -0.05) is 71.6 Å². The maximum Gasteiger partial charge on any atom is 0.188 e. The Morgan fingerprint density at radius 3 is 2.49 bits per heavy atom. The molecule has 67 heavy (non-hydrogen) atoms. The van der Waals surface area contributed by atoms with Gasteiger partial charge in [-0.25, -0.2) is 0 Å². The number of hydrogen-bond donors (Lipinski definition) is 7. The zero-order chi connectivity index (χ0) is 47.4. The van der Waals surface area contributed by atoms with E-state index >= 15 is 0 Å². The number of aliphatic hydroxyl groups is 3. The molecule has 0 spiro atoms. The number of hydrogen-bond acceptors (Lipinski definition) is 11. The number of ether oxygens (including phenoxy) is 3. The minimum atomic E-state index is -0.905. The molecular weight excluding hydrogens is 843 g/mol. The molecule has 1 saturated carbocycles. The minimum Gasteiger partial charge on any atom is -0.508 e. The number of nitrogens with zero attached hydrogens (tertiary/aromatic N) is 1. The van der Waals surface area contributed by atoms with Gasteiger partial charge in [-0.15, -0.1) is 0 Å². The minimum absolute atomic E-state index is 0.00363. The topological polar surface area (TPSA) is 179 Å². The first kappa shape index (κ1) is 49.0. The third kappa shape index (κ3) is 10.9. The lowest BCUT2D eigenvalue weighted by Gasteiger charge is -2.43. The van der Waals surface area contributed by atoms with Crippen LogP contribution in [0.1, 0.15) is 145 Å². The van der Waals surface area contributed by atoms with Crippen LogP contribution in [0.3, 0.4) is 0 Å². The lowest BCUT2D eigenvalue weighted by Crippen LogP contribution is -2.41. The number of allylic oxidation sites excluding steroid dienone is 2. The Balaban J connectivity index is 1.23. The number of rotatable bonds is 9. The summed E-state index contributed by atoms with van der Waals surface area (Å²) in [6.07, 6.45) is 15.2. The monoisotopic (exact) mass is 922 g/mol. The quantitative estimate of drug-likeness (QED) is 0.0807. The zero-order valence-electron chi connectivity index (χ0n) is 40.8. The number of nitrogens with two attached hydrogens (primary N) is 1. The number of unbranched alkanes of at least 4 members (excludes halogenated alkanes) is 2. The van der Waals surface area contributed by atoms with Gasteiger partial charge in [-0.3, -0.25) is 4.99 Å². The van der Waals surface area contributed by atoms with Crippen LogP contribution in [0.15, 0.2) is 53.5 Å². The number of guanidine groups is 1. The predicted octanol–water partition coefficient (Wildman–Crippen LogP) is 9.67. The number of aliphatic hydroxyl groups excluding tert-OH is 3. The Morgan fingerprint density at radius 1 is 0.896 bits per heavy atom. The Labute approximate surface area is 399 Å². The van der Waals surface area contributed by atoms with Crippen molar-refractivity contribution in [3.8, 4) is 39.9 Å². The van der Waals surface area contributed by atoms with Crippen molar-refractivity contribution < 1.29 is 39.7 Å². The van der Waals surface area contributed by atoms with Crippen molar-refractivity contribution in [3.63, 3.8) is 0 Å². The Bertz CT molecular complexity index is 2220. The highest BCUT2D eigenvalue weighted by molar-refractivity contribution is 5.84. The van der Waals surface area contributed by atoms with Crippen molar-refractivity contribution in [2.45, 2.75) is 154 Å². The van der Waals surface area contributed by atoms with Crippen LogP contribution in [0, 0.1) is 41.4 Å². The molecule has 0 radical (unpaired) electrons. The number of phenolic OH excluding ortho intramolecular Hbond substituents is 2.